The van der Waals surface area contributed by atoms with Gasteiger partial charge in [0.2, 0.25) is 6.10 Å². The van der Waals surface area contributed by atoms with Crippen LogP contribution in [0.1, 0.15) is 0 Å². The fourth-order valence-corrected chi connectivity index (χ4v) is 3.18. The Bertz CT molecular complexity index is 367. The molecule has 122 valence electrons. The van der Waals surface area contributed by atoms with Crippen LogP contribution in [0.4, 0.5) is 0 Å². The van der Waals surface area contributed by atoms with Gasteiger partial charge in [0.25, 0.3) is 0 Å². The number of hydrogen-bond acceptors (Lipinski definition) is 8. The number of methoxy groups -OCH3 is 6. The molecule has 0 heterocycles. The highest BCUT2D eigenvalue weighted by molar-refractivity contribution is 7.65. The van der Waals surface area contributed by atoms with Gasteiger partial charge >= 0.3 is 24.8 Å². The molecule has 0 radical (unpaired) electrons. The van der Waals surface area contributed by atoms with Crippen molar-refractivity contribution in [2.45, 2.75) is 17.6 Å². The third-order valence-corrected chi connectivity index (χ3v) is 4.73. The van der Waals surface area contributed by atoms with Crippen LogP contribution < -0.4 is 0 Å². The van der Waals surface area contributed by atoms with Gasteiger partial charge in [0, 0.05) is 48.7 Å². The Labute approximate surface area is 125 Å². The molecule has 0 aliphatic carbocycles. The molecule has 0 rings (SSSR count). The largest absolute Gasteiger partial charge is 0.488 e. The fraction of sp³-hybridized carbons (Fsp3) is 0.750. The molecule has 0 saturated heterocycles. The first-order valence-corrected chi connectivity index (χ1v) is 7.07. The SMILES string of the molecule is C=CC(=O)[P+](=O)C(OC)(OC)C(OC)C(OC)(OC)OC. The van der Waals surface area contributed by atoms with E-state index in [-0.39, 0.29) is 0 Å². The predicted molar refractivity (Wildman–Crippen MR) is 74.1 cm³/mol. The summed E-state index contributed by atoms with van der Waals surface area (Å²) >= 11 is 0. The molecule has 0 spiro atoms. The first kappa shape index (κ1) is 20.3. The monoisotopic (exact) mass is 325 g/mol. The van der Waals surface area contributed by atoms with Crippen molar-refractivity contribution in [3.63, 3.8) is 0 Å². The minimum Gasteiger partial charge on any atom is -0.364 e. The normalized spacial score (nSPS) is 14.7. The number of allylic oxidation sites excluding steroid dienone is 1. The molecular formula is C12H22O8P+. The van der Waals surface area contributed by atoms with E-state index in [0.29, 0.717) is 0 Å². The molecule has 21 heavy (non-hydrogen) atoms. The van der Waals surface area contributed by atoms with E-state index in [0.717, 1.165) is 6.08 Å². The molecule has 9 heteroatoms. The van der Waals surface area contributed by atoms with Crippen LogP contribution in [0.15, 0.2) is 12.7 Å². The quantitative estimate of drug-likeness (QED) is 0.317. The lowest BCUT2D eigenvalue weighted by Crippen LogP contribution is -2.61. The van der Waals surface area contributed by atoms with Crippen molar-refractivity contribution >= 4 is 13.3 Å². The molecule has 2 unspecified atom stereocenters. The summed E-state index contributed by atoms with van der Waals surface area (Å²) in [6, 6.07) is 0. The van der Waals surface area contributed by atoms with Gasteiger partial charge in [0.1, 0.15) is 0 Å². The maximum atomic E-state index is 12.5. The van der Waals surface area contributed by atoms with Crippen molar-refractivity contribution in [1.82, 2.24) is 0 Å². The highest BCUT2D eigenvalue weighted by Gasteiger charge is 2.69. The van der Waals surface area contributed by atoms with E-state index in [1.807, 2.05) is 0 Å². The van der Waals surface area contributed by atoms with Crippen LogP contribution >= 0.6 is 7.80 Å². The minimum absolute atomic E-state index is 0.770. The fourth-order valence-electron chi connectivity index (χ4n) is 1.89. The molecule has 0 aliphatic rings. The second-order valence-corrected chi connectivity index (χ2v) is 5.36. The second kappa shape index (κ2) is 8.65. The number of carbonyl (C=O) groups is 1. The van der Waals surface area contributed by atoms with Crippen molar-refractivity contribution in [1.29, 1.82) is 0 Å². The molecule has 0 bridgehead atoms. The summed E-state index contributed by atoms with van der Waals surface area (Å²) in [5.74, 6) is -1.80. The van der Waals surface area contributed by atoms with Gasteiger partial charge in [0.15, 0.2) is 0 Å². The smallest absolute Gasteiger partial charge is 0.364 e. The van der Waals surface area contributed by atoms with Crippen LogP contribution in [-0.2, 0) is 37.8 Å². The van der Waals surface area contributed by atoms with Crippen LogP contribution in [0, 0.1) is 0 Å². The summed E-state index contributed by atoms with van der Waals surface area (Å²) in [6.45, 7) is 3.29. The van der Waals surface area contributed by atoms with Gasteiger partial charge in [-0.15, -0.1) is 0 Å². The summed E-state index contributed by atoms with van der Waals surface area (Å²) in [5.41, 5.74) is -2.76. The predicted octanol–water partition coefficient (Wildman–Crippen LogP) is 1.08. The van der Waals surface area contributed by atoms with Gasteiger partial charge in [0.05, 0.1) is 0 Å². The van der Waals surface area contributed by atoms with Gasteiger partial charge in [-0.25, -0.2) is 4.79 Å². The van der Waals surface area contributed by atoms with E-state index in [1.165, 1.54) is 42.7 Å². The van der Waals surface area contributed by atoms with E-state index >= 15 is 0 Å². The Morgan fingerprint density at radius 3 is 1.67 bits per heavy atom. The average molecular weight is 325 g/mol. The van der Waals surface area contributed by atoms with Gasteiger partial charge in [-0.3, -0.25) is 0 Å². The third kappa shape index (κ3) is 3.54. The van der Waals surface area contributed by atoms with E-state index in [9.17, 15) is 9.36 Å². The Balaban J connectivity index is 6.06. The van der Waals surface area contributed by atoms with E-state index in [4.69, 9.17) is 28.4 Å². The molecule has 0 aromatic heterocycles. The molecule has 0 saturated carbocycles. The molecule has 0 amide bonds. The Hall–Kier alpha value is -0.730. The lowest BCUT2D eigenvalue weighted by molar-refractivity contribution is -0.422. The number of rotatable bonds is 11. The lowest BCUT2D eigenvalue weighted by atomic mass is 10.2. The van der Waals surface area contributed by atoms with Crippen LogP contribution in [0.5, 0.6) is 0 Å². The summed E-state index contributed by atoms with van der Waals surface area (Å²) in [6.07, 6.45) is -0.390. The van der Waals surface area contributed by atoms with Crippen molar-refractivity contribution in [3.05, 3.63) is 12.7 Å². The number of carbonyl (C=O) groups excluding carboxylic acids is 1. The number of ether oxygens (including phenoxy) is 6. The molecule has 0 N–H and O–H groups in total. The van der Waals surface area contributed by atoms with E-state index in [1.54, 1.807) is 0 Å². The van der Waals surface area contributed by atoms with Crippen LogP contribution in [0.2, 0.25) is 0 Å². The van der Waals surface area contributed by atoms with Crippen LogP contribution in [0.25, 0.3) is 0 Å². The molecular weight excluding hydrogens is 303 g/mol. The topological polar surface area (TPSA) is 89.5 Å². The van der Waals surface area contributed by atoms with Crippen molar-refractivity contribution in [2.75, 3.05) is 42.7 Å². The summed E-state index contributed by atoms with van der Waals surface area (Å²) in [7, 11) is 4.84. The zero-order valence-electron chi connectivity index (χ0n) is 13.1. The van der Waals surface area contributed by atoms with Gasteiger partial charge in [-0.2, -0.15) is 0 Å². The van der Waals surface area contributed by atoms with Crippen molar-refractivity contribution in [3.8, 4) is 0 Å². The summed E-state index contributed by atoms with van der Waals surface area (Å²) < 4.78 is 43.6. The highest BCUT2D eigenvalue weighted by atomic mass is 31.1. The second-order valence-electron chi connectivity index (χ2n) is 3.71. The number of hydrogen-bond donors (Lipinski definition) is 0. The zero-order chi connectivity index (χ0) is 16.7. The Morgan fingerprint density at radius 1 is 1.00 bits per heavy atom. The molecule has 0 fully saturated rings. The van der Waals surface area contributed by atoms with Gasteiger partial charge in [-0.05, 0) is 0 Å². The maximum Gasteiger partial charge on any atom is 0.488 e. The Kier molecular flexibility index (Phi) is 8.35. The molecule has 0 aromatic carbocycles. The molecule has 0 aliphatic heterocycles. The average Bonchev–Trinajstić information content (AvgIpc) is 2.54. The van der Waals surface area contributed by atoms with E-state index < -0.39 is 30.9 Å². The molecule has 8 nitrogen and oxygen atoms in total. The minimum atomic E-state index is -2.73. The summed E-state index contributed by atoms with van der Waals surface area (Å²) in [4.78, 5) is 11.7. The van der Waals surface area contributed by atoms with Crippen molar-refractivity contribution < 1.29 is 37.8 Å². The first-order valence-electron chi connectivity index (χ1n) is 5.81. The van der Waals surface area contributed by atoms with E-state index in [2.05, 4.69) is 6.58 Å². The van der Waals surface area contributed by atoms with Gasteiger partial charge in [-0.1, -0.05) is 11.1 Å². The third-order valence-electron chi connectivity index (χ3n) is 2.98. The molecule has 0 aromatic rings. The highest BCUT2D eigenvalue weighted by Crippen LogP contribution is 2.48. The standard InChI is InChI=1S/C12H22O8P/c1-8-9(13)21(14)12(19-6,20-7)10(15-2)11(16-3,17-4)18-5/h8,10H,1H2,2-7H3/q+1. The maximum absolute atomic E-state index is 12.5. The zero-order valence-corrected chi connectivity index (χ0v) is 14.0. The molecule has 2 atom stereocenters. The van der Waals surface area contributed by atoms with Crippen molar-refractivity contribution in [2.24, 2.45) is 0 Å². The first-order chi connectivity index (χ1) is 9.89. The lowest BCUT2D eigenvalue weighted by Gasteiger charge is -2.38. The Morgan fingerprint density at radius 2 is 1.43 bits per heavy atom. The van der Waals surface area contributed by atoms with Crippen LogP contribution in [-0.4, -0.2) is 65.8 Å². The van der Waals surface area contributed by atoms with Crippen LogP contribution in [0.3, 0.4) is 0 Å². The van der Waals surface area contributed by atoms with Gasteiger partial charge < -0.3 is 28.4 Å². The summed E-state index contributed by atoms with van der Waals surface area (Å²) in [5, 5.41) is 0.